The summed E-state index contributed by atoms with van der Waals surface area (Å²) < 4.78 is 1.40. The highest BCUT2D eigenvalue weighted by Gasteiger charge is 2.10. The van der Waals surface area contributed by atoms with Crippen LogP contribution in [0.3, 0.4) is 0 Å². The van der Waals surface area contributed by atoms with Crippen LogP contribution in [0.15, 0.2) is 30.3 Å². The van der Waals surface area contributed by atoms with Crippen LogP contribution in [0.5, 0.6) is 0 Å². The van der Waals surface area contributed by atoms with Crippen LogP contribution >= 0.6 is 33.9 Å². The summed E-state index contributed by atoms with van der Waals surface area (Å²) in [6.45, 7) is 4.38. The Kier molecular flexibility index (Phi) is 2.93. The van der Waals surface area contributed by atoms with Gasteiger partial charge in [0.1, 0.15) is 0 Å². The van der Waals surface area contributed by atoms with Crippen molar-refractivity contribution in [3.63, 3.8) is 0 Å². The lowest BCUT2D eigenvalue weighted by atomic mass is 10.1. The van der Waals surface area contributed by atoms with E-state index in [1.54, 1.807) is 0 Å². The molecule has 0 saturated carbocycles. The van der Waals surface area contributed by atoms with Crippen LogP contribution in [-0.2, 0) is 0 Å². The van der Waals surface area contributed by atoms with Gasteiger partial charge in [-0.1, -0.05) is 30.3 Å². The smallest absolute Gasteiger partial charge is 0.0481 e. The van der Waals surface area contributed by atoms with Crippen LogP contribution in [0.25, 0.3) is 10.4 Å². The first-order chi connectivity index (χ1) is 6.70. The van der Waals surface area contributed by atoms with E-state index >= 15 is 0 Å². The maximum Gasteiger partial charge on any atom is 0.0481 e. The lowest BCUT2D eigenvalue weighted by Crippen LogP contribution is -1.76. The predicted molar refractivity (Wildman–Crippen MR) is 71.9 cm³/mol. The molecular weight excluding hydrogens is 303 g/mol. The van der Waals surface area contributed by atoms with E-state index < -0.39 is 0 Å². The molecule has 0 bridgehead atoms. The van der Waals surface area contributed by atoms with Gasteiger partial charge in [-0.2, -0.15) is 0 Å². The van der Waals surface area contributed by atoms with E-state index in [2.05, 4.69) is 66.8 Å². The fraction of sp³-hybridized carbons (Fsp3) is 0.167. The van der Waals surface area contributed by atoms with Gasteiger partial charge >= 0.3 is 0 Å². The van der Waals surface area contributed by atoms with Crippen molar-refractivity contribution in [2.24, 2.45) is 0 Å². The van der Waals surface area contributed by atoms with Crippen molar-refractivity contribution in [3.8, 4) is 10.4 Å². The first-order valence-corrected chi connectivity index (χ1v) is 6.40. The Bertz CT molecular complexity index is 443. The summed E-state index contributed by atoms with van der Waals surface area (Å²) in [7, 11) is 0. The molecular formula is C12H11IS. The van der Waals surface area contributed by atoms with Gasteiger partial charge in [-0.25, -0.2) is 0 Å². The molecule has 2 heteroatoms. The molecule has 0 spiro atoms. The summed E-state index contributed by atoms with van der Waals surface area (Å²) >= 11 is 4.33. The summed E-state index contributed by atoms with van der Waals surface area (Å²) in [6.07, 6.45) is 0. The van der Waals surface area contributed by atoms with E-state index in [0.717, 1.165) is 0 Å². The molecule has 1 aromatic heterocycles. The molecule has 2 rings (SSSR count). The van der Waals surface area contributed by atoms with Crippen molar-refractivity contribution in [1.29, 1.82) is 0 Å². The van der Waals surface area contributed by atoms with Gasteiger partial charge in [0.25, 0.3) is 0 Å². The monoisotopic (exact) mass is 314 g/mol. The molecule has 0 fully saturated rings. The highest BCUT2D eigenvalue weighted by Crippen LogP contribution is 2.36. The van der Waals surface area contributed by atoms with Crippen LogP contribution in [0.4, 0.5) is 0 Å². The average molecular weight is 314 g/mol. The van der Waals surface area contributed by atoms with Crippen molar-refractivity contribution in [3.05, 3.63) is 44.3 Å². The molecule has 1 aromatic carbocycles. The quantitative estimate of drug-likeness (QED) is 0.673. The topological polar surface area (TPSA) is 0 Å². The Hall–Kier alpha value is -0.350. The standard InChI is InChI=1S/C12H11IS/c1-8-9(2)14-12(11(8)13)10-6-4-3-5-7-10/h3-7H,1-2H3. The summed E-state index contributed by atoms with van der Waals surface area (Å²) in [5.41, 5.74) is 2.76. The molecule has 2 aromatic rings. The van der Waals surface area contributed by atoms with Crippen LogP contribution < -0.4 is 0 Å². The molecule has 0 saturated heterocycles. The number of thiophene rings is 1. The minimum absolute atomic E-state index is 1.33. The van der Waals surface area contributed by atoms with E-state index in [9.17, 15) is 0 Å². The zero-order valence-electron chi connectivity index (χ0n) is 8.17. The van der Waals surface area contributed by atoms with E-state index in [1.165, 1.54) is 24.5 Å². The summed E-state index contributed by atoms with van der Waals surface area (Å²) in [6, 6.07) is 10.6. The van der Waals surface area contributed by atoms with Gasteiger partial charge in [0.15, 0.2) is 0 Å². The molecule has 0 N–H and O–H groups in total. The number of halogens is 1. The van der Waals surface area contributed by atoms with Crippen LogP contribution in [0.2, 0.25) is 0 Å². The zero-order valence-corrected chi connectivity index (χ0v) is 11.1. The molecule has 0 aliphatic carbocycles. The maximum atomic E-state index is 2.44. The Balaban J connectivity index is 2.58. The molecule has 0 radical (unpaired) electrons. The lowest BCUT2D eigenvalue weighted by Gasteiger charge is -1.97. The van der Waals surface area contributed by atoms with Gasteiger partial charge in [-0.3, -0.25) is 0 Å². The van der Waals surface area contributed by atoms with Gasteiger partial charge in [0.2, 0.25) is 0 Å². The van der Waals surface area contributed by atoms with E-state index in [0.29, 0.717) is 0 Å². The SMILES string of the molecule is Cc1sc(-c2ccccc2)c(I)c1C. The second-order valence-electron chi connectivity index (χ2n) is 3.29. The van der Waals surface area contributed by atoms with Gasteiger partial charge in [0.05, 0.1) is 0 Å². The lowest BCUT2D eigenvalue weighted by molar-refractivity contribution is 1.41. The van der Waals surface area contributed by atoms with Crippen molar-refractivity contribution in [1.82, 2.24) is 0 Å². The second kappa shape index (κ2) is 4.03. The van der Waals surface area contributed by atoms with Crippen LogP contribution in [0, 0.1) is 17.4 Å². The van der Waals surface area contributed by atoms with Crippen LogP contribution in [-0.4, -0.2) is 0 Å². The van der Waals surface area contributed by atoms with Crippen molar-refractivity contribution in [2.45, 2.75) is 13.8 Å². The third-order valence-corrected chi connectivity index (χ3v) is 5.32. The Labute approximate surface area is 102 Å². The van der Waals surface area contributed by atoms with E-state index in [-0.39, 0.29) is 0 Å². The predicted octanol–water partition coefficient (Wildman–Crippen LogP) is 4.64. The summed E-state index contributed by atoms with van der Waals surface area (Å²) in [5, 5.41) is 0. The normalized spacial score (nSPS) is 10.5. The van der Waals surface area contributed by atoms with Gasteiger partial charge < -0.3 is 0 Å². The first kappa shape index (κ1) is 10.2. The highest BCUT2D eigenvalue weighted by atomic mass is 127. The molecule has 0 nitrogen and oxygen atoms in total. The third kappa shape index (κ3) is 1.73. The maximum absolute atomic E-state index is 2.44. The minimum atomic E-state index is 1.33. The summed E-state index contributed by atoms with van der Waals surface area (Å²) in [5.74, 6) is 0. The van der Waals surface area contributed by atoms with Gasteiger partial charge in [-0.15, -0.1) is 11.3 Å². The van der Waals surface area contributed by atoms with Crippen molar-refractivity contribution in [2.75, 3.05) is 0 Å². The zero-order chi connectivity index (χ0) is 10.1. The van der Waals surface area contributed by atoms with Gasteiger partial charge in [-0.05, 0) is 47.6 Å². The first-order valence-electron chi connectivity index (χ1n) is 4.51. The Morgan fingerprint density at radius 3 is 2.21 bits per heavy atom. The Morgan fingerprint density at radius 1 is 1.07 bits per heavy atom. The number of hydrogen-bond acceptors (Lipinski definition) is 1. The average Bonchev–Trinajstić information content (AvgIpc) is 2.47. The largest absolute Gasteiger partial charge is 0.139 e. The molecule has 0 aliphatic heterocycles. The van der Waals surface area contributed by atoms with E-state index in [1.807, 2.05) is 11.3 Å². The third-order valence-electron chi connectivity index (χ3n) is 2.35. The minimum Gasteiger partial charge on any atom is -0.139 e. The molecule has 0 amide bonds. The van der Waals surface area contributed by atoms with E-state index in [4.69, 9.17) is 0 Å². The number of hydrogen-bond donors (Lipinski definition) is 0. The fourth-order valence-corrected chi connectivity index (χ4v) is 3.66. The number of rotatable bonds is 1. The van der Waals surface area contributed by atoms with Crippen molar-refractivity contribution >= 4 is 33.9 Å². The summed E-state index contributed by atoms with van der Waals surface area (Å²) in [4.78, 5) is 2.83. The second-order valence-corrected chi connectivity index (χ2v) is 5.60. The van der Waals surface area contributed by atoms with Crippen molar-refractivity contribution < 1.29 is 0 Å². The Morgan fingerprint density at radius 2 is 1.71 bits per heavy atom. The molecule has 1 heterocycles. The highest BCUT2D eigenvalue weighted by molar-refractivity contribution is 14.1. The molecule has 14 heavy (non-hydrogen) atoms. The fourth-order valence-electron chi connectivity index (χ4n) is 1.37. The molecule has 0 unspecified atom stereocenters. The molecule has 0 atom stereocenters. The van der Waals surface area contributed by atoms with Gasteiger partial charge in [0, 0.05) is 13.3 Å². The van der Waals surface area contributed by atoms with Crippen LogP contribution in [0.1, 0.15) is 10.4 Å². The molecule has 0 aliphatic rings. The number of benzene rings is 1. The molecule has 72 valence electrons. The number of aryl methyl sites for hydroxylation is 1.